The molecule has 8 nitrogen and oxygen atoms in total. The zero-order chi connectivity index (χ0) is 15.7. The summed E-state index contributed by atoms with van der Waals surface area (Å²) < 4.78 is 0. The van der Waals surface area contributed by atoms with E-state index in [1.54, 1.807) is 6.92 Å². The molecule has 0 aliphatic heterocycles. The Morgan fingerprint density at radius 3 is 2.48 bits per heavy atom. The van der Waals surface area contributed by atoms with Gasteiger partial charge in [0, 0.05) is 18.3 Å². The first-order valence-corrected chi connectivity index (χ1v) is 7.04. The number of rotatable bonds is 6. The van der Waals surface area contributed by atoms with E-state index in [4.69, 9.17) is 5.11 Å². The molecule has 0 unspecified atom stereocenters. The van der Waals surface area contributed by atoms with Crippen LogP contribution in [0.3, 0.4) is 0 Å². The van der Waals surface area contributed by atoms with Crippen LogP contribution in [-0.2, 0) is 14.4 Å². The molecule has 0 radical (unpaired) electrons. The van der Waals surface area contributed by atoms with Gasteiger partial charge >= 0.3 is 11.8 Å². The van der Waals surface area contributed by atoms with Gasteiger partial charge in [0.15, 0.2) is 0 Å². The van der Waals surface area contributed by atoms with Crippen LogP contribution in [0, 0.1) is 0 Å². The Kier molecular flexibility index (Phi) is 7.38. The average molecular weight is 298 g/mol. The maximum atomic E-state index is 11.7. The van der Waals surface area contributed by atoms with Crippen molar-refractivity contribution in [2.24, 2.45) is 5.10 Å². The molecule has 0 bridgehead atoms. The number of hydrazone groups is 1. The SMILES string of the molecule is C/C(CC(=O)NC1CCCC1)=N\NC(=O)C(=O)NCCO. The normalized spacial score (nSPS) is 15.6. The molecule has 1 fully saturated rings. The topological polar surface area (TPSA) is 120 Å². The third kappa shape index (κ3) is 6.84. The fourth-order valence-electron chi connectivity index (χ4n) is 2.07. The minimum Gasteiger partial charge on any atom is -0.395 e. The molecule has 8 heteroatoms. The van der Waals surface area contributed by atoms with E-state index in [1.807, 2.05) is 0 Å². The van der Waals surface area contributed by atoms with Gasteiger partial charge in [-0.25, -0.2) is 5.43 Å². The Morgan fingerprint density at radius 1 is 1.19 bits per heavy atom. The number of nitrogens with one attached hydrogen (secondary N) is 3. The standard InChI is InChI=1S/C13H22N4O4/c1-9(8-11(19)15-10-4-2-3-5-10)16-17-13(21)12(20)14-6-7-18/h10,18H,2-8H2,1H3,(H,14,20)(H,15,19)(H,17,21)/b16-9+. The Hall–Kier alpha value is -1.96. The third-order valence-corrected chi connectivity index (χ3v) is 3.09. The quantitative estimate of drug-likeness (QED) is 0.287. The Balaban J connectivity index is 2.29. The van der Waals surface area contributed by atoms with Gasteiger partial charge in [0.1, 0.15) is 0 Å². The third-order valence-electron chi connectivity index (χ3n) is 3.09. The minimum absolute atomic E-state index is 0.00125. The van der Waals surface area contributed by atoms with E-state index in [2.05, 4.69) is 21.2 Å². The van der Waals surface area contributed by atoms with Crippen LogP contribution in [0.2, 0.25) is 0 Å². The molecule has 0 spiro atoms. The maximum Gasteiger partial charge on any atom is 0.329 e. The van der Waals surface area contributed by atoms with E-state index >= 15 is 0 Å². The molecule has 1 aliphatic carbocycles. The fourth-order valence-corrected chi connectivity index (χ4v) is 2.07. The molecule has 1 rings (SSSR count). The van der Waals surface area contributed by atoms with Crippen molar-refractivity contribution in [3.63, 3.8) is 0 Å². The van der Waals surface area contributed by atoms with Crippen LogP contribution in [0.1, 0.15) is 39.0 Å². The van der Waals surface area contributed by atoms with Crippen molar-refractivity contribution >= 4 is 23.4 Å². The summed E-state index contributed by atoms with van der Waals surface area (Å²) in [5.74, 6) is -1.95. The summed E-state index contributed by atoms with van der Waals surface area (Å²) in [6, 6.07) is 0.240. The van der Waals surface area contributed by atoms with Crippen molar-refractivity contribution in [3.8, 4) is 0 Å². The molecule has 0 atom stereocenters. The molecule has 0 saturated heterocycles. The Bertz CT molecular complexity index is 416. The number of hydrogen-bond donors (Lipinski definition) is 4. The molecule has 21 heavy (non-hydrogen) atoms. The first kappa shape index (κ1) is 17.1. The summed E-state index contributed by atoms with van der Waals surface area (Å²) in [6.07, 6.45) is 4.36. The lowest BCUT2D eigenvalue weighted by molar-refractivity contribution is -0.139. The molecular formula is C13H22N4O4. The van der Waals surface area contributed by atoms with E-state index < -0.39 is 11.8 Å². The Labute approximate surface area is 123 Å². The van der Waals surface area contributed by atoms with Crippen molar-refractivity contribution in [2.75, 3.05) is 13.2 Å². The molecule has 3 amide bonds. The number of aliphatic hydroxyl groups is 1. The second-order valence-corrected chi connectivity index (χ2v) is 4.99. The highest BCUT2D eigenvalue weighted by Gasteiger charge is 2.17. The lowest BCUT2D eigenvalue weighted by Crippen LogP contribution is -2.39. The van der Waals surface area contributed by atoms with E-state index in [0.717, 1.165) is 25.7 Å². The largest absolute Gasteiger partial charge is 0.395 e. The van der Waals surface area contributed by atoms with Crippen molar-refractivity contribution in [1.82, 2.24) is 16.1 Å². The number of carbonyl (C=O) groups excluding carboxylic acids is 3. The van der Waals surface area contributed by atoms with Gasteiger partial charge in [-0.2, -0.15) is 5.10 Å². The first-order valence-electron chi connectivity index (χ1n) is 7.04. The van der Waals surface area contributed by atoms with Gasteiger partial charge < -0.3 is 15.7 Å². The van der Waals surface area contributed by atoms with Crippen molar-refractivity contribution in [2.45, 2.75) is 45.1 Å². The highest BCUT2D eigenvalue weighted by Crippen LogP contribution is 2.17. The van der Waals surface area contributed by atoms with Crippen LogP contribution >= 0.6 is 0 Å². The minimum atomic E-state index is -0.931. The van der Waals surface area contributed by atoms with Crippen molar-refractivity contribution < 1.29 is 19.5 Å². The predicted octanol–water partition coefficient (Wildman–Crippen LogP) is -0.964. The van der Waals surface area contributed by atoms with Crippen LogP contribution in [-0.4, -0.2) is 47.7 Å². The second kappa shape index (κ2) is 9.06. The number of aliphatic hydroxyl groups excluding tert-OH is 1. The predicted molar refractivity (Wildman–Crippen MR) is 76.4 cm³/mol. The molecular weight excluding hydrogens is 276 g/mol. The molecule has 1 aliphatic rings. The van der Waals surface area contributed by atoms with Crippen LogP contribution in [0.4, 0.5) is 0 Å². The summed E-state index contributed by atoms with van der Waals surface area (Å²) in [6.45, 7) is 1.35. The molecule has 0 aromatic rings. The summed E-state index contributed by atoms with van der Waals surface area (Å²) in [5.41, 5.74) is 2.48. The first-order chi connectivity index (χ1) is 10.0. The summed E-state index contributed by atoms with van der Waals surface area (Å²) in [5, 5.41) is 17.3. The van der Waals surface area contributed by atoms with Gasteiger partial charge in [-0.3, -0.25) is 14.4 Å². The number of nitrogens with zero attached hydrogens (tertiary/aromatic N) is 1. The monoisotopic (exact) mass is 298 g/mol. The van der Waals surface area contributed by atoms with Gasteiger partial charge in [-0.1, -0.05) is 12.8 Å². The average Bonchev–Trinajstić information content (AvgIpc) is 2.94. The van der Waals surface area contributed by atoms with E-state index in [-0.39, 0.29) is 31.5 Å². The number of carbonyl (C=O) groups is 3. The summed E-state index contributed by atoms with van der Waals surface area (Å²) >= 11 is 0. The lowest BCUT2D eigenvalue weighted by Gasteiger charge is -2.11. The van der Waals surface area contributed by atoms with Crippen molar-refractivity contribution in [1.29, 1.82) is 0 Å². The Morgan fingerprint density at radius 2 is 1.86 bits per heavy atom. The van der Waals surface area contributed by atoms with Gasteiger partial charge in [0.2, 0.25) is 5.91 Å². The van der Waals surface area contributed by atoms with E-state index in [9.17, 15) is 14.4 Å². The zero-order valence-electron chi connectivity index (χ0n) is 12.1. The van der Waals surface area contributed by atoms with Crippen molar-refractivity contribution in [3.05, 3.63) is 0 Å². The van der Waals surface area contributed by atoms with Gasteiger partial charge in [-0.15, -0.1) is 0 Å². The van der Waals surface area contributed by atoms with Gasteiger partial charge in [0.05, 0.1) is 13.0 Å². The van der Waals surface area contributed by atoms with Gasteiger partial charge in [-0.05, 0) is 19.8 Å². The summed E-state index contributed by atoms with van der Waals surface area (Å²) in [7, 11) is 0. The second-order valence-electron chi connectivity index (χ2n) is 4.99. The number of hydrogen-bond acceptors (Lipinski definition) is 5. The summed E-state index contributed by atoms with van der Waals surface area (Å²) in [4.78, 5) is 34.2. The van der Waals surface area contributed by atoms with E-state index in [0.29, 0.717) is 5.71 Å². The van der Waals surface area contributed by atoms with E-state index in [1.165, 1.54) is 0 Å². The molecule has 0 aromatic carbocycles. The molecule has 0 heterocycles. The maximum absolute atomic E-state index is 11.7. The van der Waals surface area contributed by atoms with Crippen LogP contribution in [0.25, 0.3) is 0 Å². The molecule has 0 aromatic heterocycles. The lowest BCUT2D eigenvalue weighted by atomic mass is 10.2. The zero-order valence-corrected chi connectivity index (χ0v) is 12.1. The fraction of sp³-hybridized carbons (Fsp3) is 0.692. The van der Waals surface area contributed by atoms with Crippen LogP contribution in [0.5, 0.6) is 0 Å². The number of amides is 3. The molecule has 1 saturated carbocycles. The molecule has 118 valence electrons. The van der Waals surface area contributed by atoms with Gasteiger partial charge in [0.25, 0.3) is 0 Å². The molecule has 4 N–H and O–H groups in total. The van der Waals surface area contributed by atoms with Crippen LogP contribution in [0.15, 0.2) is 5.10 Å². The highest BCUT2D eigenvalue weighted by molar-refractivity contribution is 6.35. The smallest absolute Gasteiger partial charge is 0.329 e. The highest BCUT2D eigenvalue weighted by atomic mass is 16.3. The van der Waals surface area contributed by atoms with Crippen LogP contribution < -0.4 is 16.1 Å².